The summed E-state index contributed by atoms with van der Waals surface area (Å²) >= 11 is 0. The molecular weight excluding hydrogens is 506 g/mol. The van der Waals surface area contributed by atoms with Gasteiger partial charge in [-0.3, -0.25) is 4.79 Å². The highest BCUT2D eigenvalue weighted by Crippen LogP contribution is 2.40. The first-order valence-corrected chi connectivity index (χ1v) is 13.7. The van der Waals surface area contributed by atoms with Gasteiger partial charge in [0.25, 0.3) is 0 Å². The van der Waals surface area contributed by atoms with Crippen molar-refractivity contribution in [1.29, 1.82) is 5.26 Å². The molecule has 0 aliphatic heterocycles. The maximum Gasteiger partial charge on any atom is 0.231 e. The average Bonchev–Trinajstić information content (AvgIpc) is 2.92. The minimum Gasteiger partial charge on any atom is -0.493 e. The molecule has 220 valence electrons. The van der Waals surface area contributed by atoms with Gasteiger partial charge in [0, 0.05) is 12.1 Å². The SMILES string of the molecule is COC1=C/C(=C\CN(C)CCCC(C#N)(c2ccc(OC)c(OC)c2)C(C)C)C(C(=O)NC(C)(C)C)C=C1OC. The van der Waals surface area contributed by atoms with Crippen LogP contribution in [0.5, 0.6) is 11.5 Å². The molecule has 2 atom stereocenters. The van der Waals surface area contributed by atoms with Gasteiger partial charge in [-0.15, -0.1) is 0 Å². The van der Waals surface area contributed by atoms with E-state index in [-0.39, 0.29) is 17.4 Å². The maximum atomic E-state index is 13.1. The van der Waals surface area contributed by atoms with Crippen molar-refractivity contribution in [3.8, 4) is 17.6 Å². The van der Waals surface area contributed by atoms with Crippen LogP contribution < -0.4 is 14.8 Å². The first-order chi connectivity index (χ1) is 18.8. The zero-order valence-electron chi connectivity index (χ0n) is 25.9. The number of carbonyl (C=O) groups is 1. The Morgan fingerprint density at radius 1 is 1.07 bits per heavy atom. The molecule has 1 amide bonds. The van der Waals surface area contributed by atoms with Crippen molar-refractivity contribution in [3.63, 3.8) is 0 Å². The number of hydrogen-bond acceptors (Lipinski definition) is 7. The number of methoxy groups -OCH3 is 4. The number of amides is 1. The fourth-order valence-electron chi connectivity index (χ4n) is 4.94. The molecule has 1 aliphatic carbocycles. The highest BCUT2D eigenvalue weighted by atomic mass is 16.5. The Morgan fingerprint density at radius 2 is 1.73 bits per heavy atom. The van der Waals surface area contributed by atoms with E-state index in [1.807, 2.05) is 52.1 Å². The minimum atomic E-state index is -0.657. The van der Waals surface area contributed by atoms with E-state index in [4.69, 9.17) is 18.9 Å². The second kappa shape index (κ2) is 14.3. The Hall–Kier alpha value is -3.44. The number of nitrogens with zero attached hydrogens (tertiary/aromatic N) is 2. The lowest BCUT2D eigenvalue weighted by molar-refractivity contribution is -0.124. The molecule has 0 aromatic heterocycles. The number of benzene rings is 1. The molecule has 2 rings (SSSR count). The third kappa shape index (κ3) is 8.04. The monoisotopic (exact) mass is 553 g/mol. The summed E-state index contributed by atoms with van der Waals surface area (Å²) in [6.07, 6.45) is 7.25. The fraction of sp³-hybridized carbons (Fsp3) is 0.562. The first kappa shape index (κ1) is 32.8. The number of hydrogen-bond donors (Lipinski definition) is 1. The van der Waals surface area contributed by atoms with Gasteiger partial charge in [0.15, 0.2) is 23.0 Å². The summed E-state index contributed by atoms with van der Waals surface area (Å²) < 4.78 is 21.9. The van der Waals surface area contributed by atoms with E-state index < -0.39 is 11.3 Å². The molecule has 1 aliphatic rings. The van der Waals surface area contributed by atoms with E-state index >= 15 is 0 Å². The third-order valence-electron chi connectivity index (χ3n) is 7.27. The van der Waals surface area contributed by atoms with Crippen LogP contribution in [0, 0.1) is 23.2 Å². The van der Waals surface area contributed by atoms with E-state index in [2.05, 4.69) is 36.2 Å². The smallest absolute Gasteiger partial charge is 0.231 e. The summed E-state index contributed by atoms with van der Waals surface area (Å²) in [5.74, 6) is 1.92. The number of nitrogens with one attached hydrogen (secondary N) is 1. The fourth-order valence-corrected chi connectivity index (χ4v) is 4.94. The van der Waals surface area contributed by atoms with Crippen molar-refractivity contribution < 1.29 is 23.7 Å². The largest absolute Gasteiger partial charge is 0.493 e. The van der Waals surface area contributed by atoms with Crippen LogP contribution in [-0.4, -0.2) is 64.9 Å². The number of rotatable bonds is 13. The summed E-state index contributed by atoms with van der Waals surface area (Å²) in [4.78, 5) is 15.3. The van der Waals surface area contributed by atoms with E-state index in [9.17, 15) is 10.1 Å². The number of ether oxygens (including phenoxy) is 4. The first-order valence-electron chi connectivity index (χ1n) is 13.7. The average molecular weight is 554 g/mol. The predicted molar refractivity (Wildman–Crippen MR) is 158 cm³/mol. The predicted octanol–water partition coefficient (Wildman–Crippen LogP) is 5.36. The molecule has 8 heteroatoms. The Morgan fingerprint density at radius 3 is 2.25 bits per heavy atom. The second-order valence-corrected chi connectivity index (χ2v) is 11.5. The molecule has 2 unspecified atom stereocenters. The summed E-state index contributed by atoms with van der Waals surface area (Å²) in [6.45, 7) is 11.5. The standard InChI is InChI=1S/C32H47N3O5/c1-22(2)32(21-33,24-12-13-26(37-7)28(19-24)39-9)15-11-16-35(6)17-14-23-18-27(38-8)29(40-10)20-25(23)30(36)34-31(3,4)5/h12-14,18-20,22,25H,11,15-17H2,1-10H3,(H,34,36)/b23-14+. The van der Waals surface area contributed by atoms with Crippen molar-refractivity contribution >= 4 is 5.91 Å². The van der Waals surface area contributed by atoms with Crippen molar-refractivity contribution in [2.24, 2.45) is 11.8 Å². The molecule has 0 radical (unpaired) electrons. The molecular formula is C32H47N3O5. The lowest BCUT2D eigenvalue weighted by Gasteiger charge is -2.32. The Labute approximate surface area is 240 Å². The lowest BCUT2D eigenvalue weighted by atomic mass is 9.69. The zero-order valence-corrected chi connectivity index (χ0v) is 25.9. The summed E-state index contributed by atoms with van der Waals surface area (Å²) in [7, 11) is 8.41. The molecule has 0 saturated carbocycles. The highest BCUT2D eigenvalue weighted by Gasteiger charge is 2.36. The van der Waals surface area contributed by atoms with E-state index in [0.717, 1.165) is 24.1 Å². The number of carbonyl (C=O) groups excluding carboxylic acids is 1. The van der Waals surface area contributed by atoms with Gasteiger partial charge in [0.2, 0.25) is 5.91 Å². The number of likely N-dealkylation sites (N-methyl/N-ethyl adjacent to an activating group) is 1. The van der Waals surface area contributed by atoms with Gasteiger partial charge in [-0.1, -0.05) is 26.0 Å². The van der Waals surface area contributed by atoms with E-state index in [1.54, 1.807) is 34.5 Å². The number of allylic oxidation sites excluding steroid dienone is 1. The molecule has 1 aromatic rings. The van der Waals surface area contributed by atoms with Gasteiger partial charge in [0.1, 0.15) is 0 Å². The van der Waals surface area contributed by atoms with Gasteiger partial charge in [-0.25, -0.2) is 0 Å². The molecule has 0 bridgehead atoms. The van der Waals surface area contributed by atoms with Gasteiger partial charge >= 0.3 is 0 Å². The second-order valence-electron chi connectivity index (χ2n) is 11.5. The van der Waals surface area contributed by atoms with Crippen molar-refractivity contribution in [1.82, 2.24) is 10.2 Å². The van der Waals surface area contributed by atoms with E-state index in [0.29, 0.717) is 36.0 Å². The van der Waals surface area contributed by atoms with Crippen molar-refractivity contribution in [3.05, 3.63) is 59.1 Å². The number of nitriles is 1. The van der Waals surface area contributed by atoms with E-state index in [1.165, 1.54) is 0 Å². The third-order valence-corrected chi connectivity index (χ3v) is 7.27. The quantitative estimate of drug-likeness (QED) is 0.351. The van der Waals surface area contributed by atoms with Crippen LogP contribution in [0.15, 0.2) is 53.5 Å². The van der Waals surface area contributed by atoms with Crippen LogP contribution in [0.1, 0.15) is 53.0 Å². The summed E-state index contributed by atoms with van der Waals surface area (Å²) in [6, 6.07) is 8.37. The van der Waals surface area contributed by atoms with Crippen LogP contribution >= 0.6 is 0 Å². The molecule has 8 nitrogen and oxygen atoms in total. The van der Waals surface area contributed by atoms with Crippen LogP contribution in [-0.2, 0) is 19.7 Å². The molecule has 1 N–H and O–H groups in total. The van der Waals surface area contributed by atoms with Crippen molar-refractivity contribution in [2.45, 2.75) is 58.4 Å². The Kier molecular flexibility index (Phi) is 11.7. The normalized spacial score (nSPS) is 18.0. The van der Waals surface area contributed by atoms with Crippen LogP contribution in [0.25, 0.3) is 0 Å². The Bertz CT molecular complexity index is 1160. The van der Waals surface area contributed by atoms with Gasteiger partial charge < -0.3 is 29.2 Å². The van der Waals surface area contributed by atoms with Gasteiger partial charge in [0.05, 0.1) is 45.8 Å². The van der Waals surface area contributed by atoms with Gasteiger partial charge in [-0.2, -0.15) is 5.26 Å². The van der Waals surface area contributed by atoms with Crippen LogP contribution in [0.3, 0.4) is 0 Å². The maximum absolute atomic E-state index is 13.1. The van der Waals surface area contributed by atoms with Gasteiger partial charge in [-0.05, 0) is 88.5 Å². The summed E-state index contributed by atoms with van der Waals surface area (Å²) in [5, 5.41) is 13.4. The molecule has 40 heavy (non-hydrogen) atoms. The molecule has 0 saturated heterocycles. The topological polar surface area (TPSA) is 93.0 Å². The lowest BCUT2D eigenvalue weighted by Crippen LogP contribution is -2.44. The molecule has 0 spiro atoms. The molecule has 1 aromatic carbocycles. The summed E-state index contributed by atoms with van der Waals surface area (Å²) in [5.41, 5.74) is 0.768. The van der Waals surface area contributed by atoms with Crippen LogP contribution in [0.4, 0.5) is 0 Å². The van der Waals surface area contributed by atoms with Crippen LogP contribution in [0.2, 0.25) is 0 Å². The Balaban J connectivity index is 2.19. The zero-order chi connectivity index (χ0) is 30.1. The minimum absolute atomic E-state index is 0.0898. The molecule has 0 fully saturated rings. The van der Waals surface area contributed by atoms with Crippen molar-refractivity contribution in [2.75, 3.05) is 48.6 Å². The molecule has 0 heterocycles. The highest BCUT2D eigenvalue weighted by molar-refractivity contribution is 5.85.